The van der Waals surface area contributed by atoms with Gasteiger partial charge in [0.25, 0.3) is 5.69 Å². The van der Waals surface area contributed by atoms with Gasteiger partial charge in [-0.15, -0.1) is 0 Å². The molecule has 1 saturated heterocycles. The first-order valence-corrected chi connectivity index (χ1v) is 4.37. The van der Waals surface area contributed by atoms with Crippen LogP contribution in [-0.4, -0.2) is 24.1 Å². The molecule has 1 aromatic carbocycles. The van der Waals surface area contributed by atoms with Gasteiger partial charge in [0.15, 0.2) is 0 Å². The Morgan fingerprint density at radius 3 is 2.86 bits per heavy atom. The van der Waals surface area contributed by atoms with Crippen molar-refractivity contribution in [3.8, 4) is 5.75 Å². The quantitative estimate of drug-likeness (QED) is 0.574. The van der Waals surface area contributed by atoms with Gasteiger partial charge in [-0.1, -0.05) is 6.07 Å². The summed E-state index contributed by atoms with van der Waals surface area (Å²) < 4.78 is 5.47. The molecule has 1 aromatic rings. The third-order valence-electron chi connectivity index (χ3n) is 2.08. The number of nitrogens with zero attached hydrogens (tertiary/aromatic N) is 1. The smallest absolute Gasteiger partial charge is 0.273 e. The van der Waals surface area contributed by atoms with E-state index in [0.29, 0.717) is 5.75 Å². The van der Waals surface area contributed by atoms with Crippen LogP contribution in [0.5, 0.6) is 5.75 Å². The minimum Gasteiger partial charge on any atom is -0.488 e. The predicted octanol–water partition coefficient (Wildman–Crippen LogP) is 0.945. The number of rotatable bonds is 3. The first kappa shape index (κ1) is 8.96. The van der Waals surface area contributed by atoms with Crippen LogP contribution in [0.2, 0.25) is 0 Å². The molecule has 5 nitrogen and oxygen atoms in total. The first-order chi connectivity index (χ1) is 6.75. The average molecular weight is 194 g/mol. The number of hydrogen-bond acceptors (Lipinski definition) is 4. The number of nitrogens with one attached hydrogen (secondary N) is 1. The number of benzene rings is 1. The van der Waals surface area contributed by atoms with Gasteiger partial charge in [0.05, 0.1) is 11.0 Å². The van der Waals surface area contributed by atoms with Gasteiger partial charge < -0.3 is 10.1 Å². The number of hydrogen-bond donors (Lipinski definition) is 1. The van der Waals surface area contributed by atoms with Gasteiger partial charge in [0.1, 0.15) is 11.9 Å². The Bertz CT molecular complexity index is 350. The summed E-state index contributed by atoms with van der Waals surface area (Å²) in [6.45, 7) is 1.62. The van der Waals surface area contributed by atoms with Gasteiger partial charge in [0, 0.05) is 19.2 Å². The van der Waals surface area contributed by atoms with Crippen molar-refractivity contribution in [2.45, 2.75) is 6.10 Å². The van der Waals surface area contributed by atoms with Crippen molar-refractivity contribution in [3.05, 3.63) is 34.4 Å². The van der Waals surface area contributed by atoms with Crippen molar-refractivity contribution in [1.29, 1.82) is 0 Å². The highest BCUT2D eigenvalue weighted by atomic mass is 16.6. The monoisotopic (exact) mass is 194 g/mol. The minimum atomic E-state index is -0.425. The number of nitro benzene ring substituents is 1. The van der Waals surface area contributed by atoms with E-state index in [9.17, 15) is 10.1 Å². The lowest BCUT2D eigenvalue weighted by atomic mass is 10.2. The zero-order chi connectivity index (χ0) is 9.97. The van der Waals surface area contributed by atoms with Crippen LogP contribution < -0.4 is 10.1 Å². The summed E-state index contributed by atoms with van der Waals surface area (Å²) in [7, 11) is 0. The largest absolute Gasteiger partial charge is 0.488 e. The standard InChI is InChI=1S/C9H10N2O3/c12-11(13)7-2-1-3-8(4-7)14-9-5-10-6-9/h1-4,9-10H,5-6H2. The van der Waals surface area contributed by atoms with Gasteiger partial charge in [-0.3, -0.25) is 10.1 Å². The van der Waals surface area contributed by atoms with Gasteiger partial charge in [-0.05, 0) is 6.07 Å². The second-order valence-electron chi connectivity index (χ2n) is 3.15. The summed E-state index contributed by atoms with van der Waals surface area (Å²) in [5.41, 5.74) is 0.0646. The van der Waals surface area contributed by atoms with Gasteiger partial charge in [0.2, 0.25) is 0 Å². The van der Waals surface area contributed by atoms with Crippen molar-refractivity contribution in [2.75, 3.05) is 13.1 Å². The van der Waals surface area contributed by atoms with Gasteiger partial charge >= 0.3 is 0 Å². The summed E-state index contributed by atoms with van der Waals surface area (Å²) in [6, 6.07) is 6.25. The molecule has 0 bridgehead atoms. The Kier molecular flexibility index (Phi) is 2.32. The normalized spacial score (nSPS) is 16.0. The molecule has 2 rings (SSSR count). The number of nitro groups is 1. The van der Waals surface area contributed by atoms with E-state index in [1.165, 1.54) is 12.1 Å². The average Bonchev–Trinajstić information content (AvgIpc) is 2.12. The molecule has 14 heavy (non-hydrogen) atoms. The van der Waals surface area contributed by atoms with Crippen LogP contribution in [0.15, 0.2) is 24.3 Å². The molecule has 0 aromatic heterocycles. The Hall–Kier alpha value is -1.62. The fraction of sp³-hybridized carbons (Fsp3) is 0.333. The summed E-state index contributed by atoms with van der Waals surface area (Å²) in [5, 5.41) is 13.5. The van der Waals surface area contributed by atoms with E-state index in [0.717, 1.165) is 13.1 Å². The second kappa shape index (κ2) is 3.63. The van der Waals surface area contributed by atoms with Crippen LogP contribution >= 0.6 is 0 Å². The molecule has 1 N–H and O–H groups in total. The molecule has 1 heterocycles. The highest BCUT2D eigenvalue weighted by Crippen LogP contribution is 2.20. The molecule has 0 unspecified atom stereocenters. The maximum absolute atomic E-state index is 10.5. The topological polar surface area (TPSA) is 64.4 Å². The molecule has 0 saturated carbocycles. The summed E-state index contributed by atoms with van der Waals surface area (Å²) >= 11 is 0. The maximum Gasteiger partial charge on any atom is 0.273 e. The SMILES string of the molecule is O=[N+]([O-])c1cccc(OC2CNC2)c1. The Morgan fingerprint density at radius 1 is 1.50 bits per heavy atom. The van der Waals surface area contributed by atoms with Crippen molar-refractivity contribution >= 4 is 5.69 Å². The zero-order valence-electron chi connectivity index (χ0n) is 7.47. The van der Waals surface area contributed by atoms with E-state index in [-0.39, 0.29) is 11.8 Å². The lowest BCUT2D eigenvalue weighted by Crippen LogP contribution is -2.50. The fourth-order valence-electron chi connectivity index (χ4n) is 1.21. The van der Waals surface area contributed by atoms with Crippen molar-refractivity contribution in [3.63, 3.8) is 0 Å². The molecule has 74 valence electrons. The third-order valence-corrected chi connectivity index (χ3v) is 2.08. The highest BCUT2D eigenvalue weighted by molar-refractivity contribution is 5.38. The van der Waals surface area contributed by atoms with Crippen molar-refractivity contribution in [1.82, 2.24) is 5.32 Å². The third kappa shape index (κ3) is 1.82. The van der Waals surface area contributed by atoms with Crippen molar-refractivity contribution in [2.24, 2.45) is 0 Å². The van der Waals surface area contributed by atoms with E-state index in [1.54, 1.807) is 12.1 Å². The molecule has 0 aliphatic carbocycles. The molecular weight excluding hydrogens is 184 g/mol. The van der Waals surface area contributed by atoms with E-state index in [4.69, 9.17) is 4.74 Å². The molecular formula is C9H10N2O3. The van der Waals surface area contributed by atoms with Crippen molar-refractivity contribution < 1.29 is 9.66 Å². The van der Waals surface area contributed by atoms with Crippen LogP contribution in [0.3, 0.4) is 0 Å². The Morgan fingerprint density at radius 2 is 2.29 bits per heavy atom. The fourth-order valence-corrected chi connectivity index (χ4v) is 1.21. The van der Waals surface area contributed by atoms with E-state index < -0.39 is 4.92 Å². The van der Waals surface area contributed by atoms with E-state index in [1.807, 2.05) is 0 Å². The van der Waals surface area contributed by atoms with Crippen LogP contribution in [0.4, 0.5) is 5.69 Å². The minimum absolute atomic E-state index is 0.0646. The second-order valence-corrected chi connectivity index (χ2v) is 3.15. The highest BCUT2D eigenvalue weighted by Gasteiger charge is 2.18. The van der Waals surface area contributed by atoms with Crippen LogP contribution in [0, 0.1) is 10.1 Å². The molecule has 0 radical (unpaired) electrons. The van der Waals surface area contributed by atoms with E-state index in [2.05, 4.69) is 5.32 Å². The van der Waals surface area contributed by atoms with E-state index >= 15 is 0 Å². The summed E-state index contributed by atoms with van der Waals surface area (Å²) in [5.74, 6) is 0.561. The van der Waals surface area contributed by atoms with Gasteiger partial charge in [-0.25, -0.2) is 0 Å². The molecule has 0 amide bonds. The summed E-state index contributed by atoms with van der Waals surface area (Å²) in [6.07, 6.45) is 0.150. The maximum atomic E-state index is 10.5. The van der Waals surface area contributed by atoms with Crippen LogP contribution in [-0.2, 0) is 0 Å². The van der Waals surface area contributed by atoms with Crippen LogP contribution in [0.25, 0.3) is 0 Å². The van der Waals surface area contributed by atoms with Gasteiger partial charge in [-0.2, -0.15) is 0 Å². The molecule has 1 aliphatic heterocycles. The Balaban J connectivity index is 2.09. The summed E-state index contributed by atoms with van der Waals surface area (Å²) in [4.78, 5) is 10.0. The van der Waals surface area contributed by atoms with Crippen LogP contribution in [0.1, 0.15) is 0 Å². The zero-order valence-corrected chi connectivity index (χ0v) is 7.47. The lowest BCUT2D eigenvalue weighted by molar-refractivity contribution is -0.385. The molecule has 0 atom stereocenters. The predicted molar refractivity (Wildman–Crippen MR) is 50.4 cm³/mol. The lowest BCUT2D eigenvalue weighted by Gasteiger charge is -2.27. The number of non-ortho nitro benzene ring substituents is 1. The Labute approximate surface area is 80.8 Å². The molecule has 5 heteroatoms. The number of ether oxygens (including phenoxy) is 1. The first-order valence-electron chi connectivity index (χ1n) is 4.37. The molecule has 1 aliphatic rings. The molecule has 0 spiro atoms. The molecule has 1 fully saturated rings.